The van der Waals surface area contributed by atoms with Crippen LogP contribution in [0.15, 0.2) is 18.2 Å². The Morgan fingerprint density at radius 3 is 2.74 bits per heavy atom. The predicted molar refractivity (Wildman–Crippen MR) is 79.7 cm³/mol. The summed E-state index contributed by atoms with van der Waals surface area (Å²) in [4.78, 5) is 14.1. The molecule has 0 saturated carbocycles. The summed E-state index contributed by atoms with van der Waals surface area (Å²) in [5, 5.41) is 3.06. The molecule has 1 aromatic rings. The van der Waals surface area contributed by atoms with Crippen LogP contribution in [-0.2, 0) is 10.2 Å². The molecule has 1 aromatic carbocycles. The maximum absolute atomic E-state index is 11.9. The van der Waals surface area contributed by atoms with Crippen LogP contribution in [-0.4, -0.2) is 25.5 Å². The molecule has 0 aliphatic carbocycles. The number of carbonyl (C=O) groups excluding carboxylic acids is 1. The first-order chi connectivity index (χ1) is 8.93. The maximum atomic E-state index is 11.9. The summed E-state index contributed by atoms with van der Waals surface area (Å²) in [6, 6.07) is 6.21. The molecule has 0 fully saturated rings. The molecule has 3 N–H and O–H groups in total. The minimum atomic E-state index is -0.00263. The number of para-hydroxylation sites is 1. The summed E-state index contributed by atoms with van der Waals surface area (Å²) >= 11 is 0. The molecule has 1 heterocycles. The van der Waals surface area contributed by atoms with Crippen molar-refractivity contribution in [3.05, 3.63) is 23.8 Å². The van der Waals surface area contributed by atoms with Gasteiger partial charge in [0.15, 0.2) is 0 Å². The smallest absolute Gasteiger partial charge is 0.226 e. The van der Waals surface area contributed by atoms with Crippen molar-refractivity contribution in [2.45, 2.75) is 32.6 Å². The molecule has 1 aliphatic heterocycles. The van der Waals surface area contributed by atoms with E-state index >= 15 is 0 Å². The number of amides is 1. The Morgan fingerprint density at radius 1 is 1.37 bits per heavy atom. The quantitative estimate of drug-likeness (QED) is 0.857. The molecule has 0 radical (unpaired) electrons. The number of benzene rings is 1. The van der Waals surface area contributed by atoms with E-state index in [4.69, 9.17) is 5.73 Å². The number of hydrogen-bond acceptors (Lipinski definition) is 3. The monoisotopic (exact) mass is 261 g/mol. The van der Waals surface area contributed by atoms with Gasteiger partial charge in [-0.1, -0.05) is 32.9 Å². The van der Waals surface area contributed by atoms with Gasteiger partial charge in [0.05, 0.1) is 11.4 Å². The molecule has 0 spiro atoms. The second kappa shape index (κ2) is 5.21. The molecule has 2 rings (SSSR count). The van der Waals surface area contributed by atoms with Gasteiger partial charge < -0.3 is 16.0 Å². The summed E-state index contributed by atoms with van der Waals surface area (Å²) in [7, 11) is 0. The standard InChI is InChI=1S/C15H23N3O/c1-15(2,3)11-5-4-6-12-14(11)17-13(19)7-9-18(12)10-8-16/h4-6H,7-10,16H2,1-3H3,(H,17,19). The van der Waals surface area contributed by atoms with Gasteiger partial charge in [-0.15, -0.1) is 0 Å². The van der Waals surface area contributed by atoms with Crippen LogP contribution in [0, 0.1) is 0 Å². The minimum Gasteiger partial charge on any atom is -0.368 e. The molecular formula is C15H23N3O. The number of carbonyl (C=O) groups is 1. The zero-order valence-electron chi connectivity index (χ0n) is 12.0. The molecule has 19 heavy (non-hydrogen) atoms. The van der Waals surface area contributed by atoms with Crippen LogP contribution in [0.5, 0.6) is 0 Å². The van der Waals surface area contributed by atoms with Gasteiger partial charge in [0.2, 0.25) is 5.91 Å². The largest absolute Gasteiger partial charge is 0.368 e. The average Bonchev–Trinajstić information content (AvgIpc) is 2.48. The molecule has 0 unspecified atom stereocenters. The molecule has 4 nitrogen and oxygen atoms in total. The number of nitrogens with one attached hydrogen (secondary N) is 1. The van der Waals surface area contributed by atoms with Gasteiger partial charge in [0.1, 0.15) is 0 Å². The molecule has 0 atom stereocenters. The van der Waals surface area contributed by atoms with Gasteiger partial charge in [0, 0.05) is 26.1 Å². The van der Waals surface area contributed by atoms with Crippen molar-refractivity contribution < 1.29 is 4.79 Å². The van der Waals surface area contributed by atoms with Crippen molar-refractivity contribution in [1.82, 2.24) is 0 Å². The van der Waals surface area contributed by atoms with E-state index in [1.807, 2.05) is 0 Å². The van der Waals surface area contributed by atoms with Crippen LogP contribution in [0.4, 0.5) is 11.4 Å². The van der Waals surface area contributed by atoms with Gasteiger partial charge in [-0.3, -0.25) is 4.79 Å². The molecule has 1 amide bonds. The summed E-state index contributed by atoms with van der Waals surface area (Å²) in [5.74, 6) is 0.0810. The van der Waals surface area contributed by atoms with E-state index in [0.717, 1.165) is 24.5 Å². The van der Waals surface area contributed by atoms with Crippen molar-refractivity contribution in [3.63, 3.8) is 0 Å². The Kier molecular flexibility index (Phi) is 3.80. The molecule has 104 valence electrons. The number of nitrogens with two attached hydrogens (primary N) is 1. The van der Waals surface area contributed by atoms with Gasteiger partial charge in [0.25, 0.3) is 0 Å². The Balaban J connectivity index is 2.53. The highest BCUT2D eigenvalue weighted by Crippen LogP contribution is 2.38. The van der Waals surface area contributed by atoms with E-state index in [2.05, 4.69) is 49.2 Å². The number of hydrogen-bond donors (Lipinski definition) is 2. The van der Waals surface area contributed by atoms with Crippen LogP contribution < -0.4 is 16.0 Å². The van der Waals surface area contributed by atoms with E-state index in [1.54, 1.807) is 0 Å². The van der Waals surface area contributed by atoms with Gasteiger partial charge >= 0.3 is 0 Å². The van der Waals surface area contributed by atoms with Crippen molar-refractivity contribution in [2.24, 2.45) is 5.73 Å². The van der Waals surface area contributed by atoms with E-state index in [-0.39, 0.29) is 11.3 Å². The maximum Gasteiger partial charge on any atom is 0.226 e. The Bertz CT molecular complexity index is 477. The van der Waals surface area contributed by atoms with E-state index in [1.165, 1.54) is 5.56 Å². The third-order valence-corrected chi connectivity index (χ3v) is 3.46. The van der Waals surface area contributed by atoms with Crippen LogP contribution in [0.25, 0.3) is 0 Å². The van der Waals surface area contributed by atoms with Gasteiger partial charge in [-0.2, -0.15) is 0 Å². The summed E-state index contributed by atoms with van der Waals surface area (Å²) in [5.41, 5.74) is 8.88. The lowest BCUT2D eigenvalue weighted by atomic mass is 9.85. The van der Waals surface area contributed by atoms with Gasteiger partial charge in [-0.05, 0) is 17.0 Å². The third kappa shape index (κ3) is 2.89. The number of anilines is 2. The lowest BCUT2D eigenvalue weighted by Crippen LogP contribution is -2.30. The topological polar surface area (TPSA) is 58.4 Å². The van der Waals surface area contributed by atoms with E-state index < -0.39 is 0 Å². The summed E-state index contributed by atoms with van der Waals surface area (Å²) in [6.45, 7) is 8.57. The lowest BCUT2D eigenvalue weighted by molar-refractivity contribution is -0.115. The average molecular weight is 261 g/mol. The highest BCUT2D eigenvalue weighted by atomic mass is 16.1. The number of rotatable bonds is 2. The molecule has 0 bridgehead atoms. The highest BCUT2D eigenvalue weighted by Gasteiger charge is 2.25. The predicted octanol–water partition coefficient (Wildman–Crippen LogP) is 2.09. The van der Waals surface area contributed by atoms with Crippen LogP contribution in [0.2, 0.25) is 0 Å². The first-order valence-electron chi connectivity index (χ1n) is 6.82. The fourth-order valence-electron chi connectivity index (χ4n) is 2.51. The number of fused-ring (bicyclic) bond motifs is 1. The first kappa shape index (κ1) is 13.9. The van der Waals surface area contributed by atoms with Crippen molar-refractivity contribution in [2.75, 3.05) is 29.9 Å². The third-order valence-electron chi connectivity index (χ3n) is 3.46. The minimum absolute atomic E-state index is 0.00263. The Morgan fingerprint density at radius 2 is 2.11 bits per heavy atom. The van der Waals surface area contributed by atoms with Crippen molar-refractivity contribution in [1.29, 1.82) is 0 Å². The zero-order chi connectivity index (χ0) is 14.0. The SMILES string of the molecule is CC(C)(C)c1cccc2c1NC(=O)CCN2CCN. The Hall–Kier alpha value is -1.55. The first-order valence-corrected chi connectivity index (χ1v) is 6.82. The molecular weight excluding hydrogens is 238 g/mol. The van der Waals surface area contributed by atoms with Crippen molar-refractivity contribution >= 4 is 17.3 Å². The van der Waals surface area contributed by atoms with Crippen LogP contribution in [0.1, 0.15) is 32.8 Å². The molecule has 4 heteroatoms. The number of nitrogens with zero attached hydrogens (tertiary/aromatic N) is 1. The Labute approximate surface area is 115 Å². The normalized spacial score (nSPS) is 15.8. The second-order valence-electron chi connectivity index (χ2n) is 6.02. The fourth-order valence-corrected chi connectivity index (χ4v) is 2.51. The summed E-state index contributed by atoms with van der Waals surface area (Å²) in [6.07, 6.45) is 0.512. The molecule has 1 aliphatic rings. The van der Waals surface area contributed by atoms with E-state index in [9.17, 15) is 4.79 Å². The van der Waals surface area contributed by atoms with Crippen LogP contribution in [0.3, 0.4) is 0 Å². The fraction of sp³-hybridized carbons (Fsp3) is 0.533. The van der Waals surface area contributed by atoms with Gasteiger partial charge in [-0.25, -0.2) is 0 Å². The molecule has 0 saturated heterocycles. The van der Waals surface area contributed by atoms with Crippen LogP contribution >= 0.6 is 0 Å². The van der Waals surface area contributed by atoms with Crippen molar-refractivity contribution in [3.8, 4) is 0 Å². The lowest BCUT2D eigenvalue weighted by Gasteiger charge is -2.28. The molecule has 0 aromatic heterocycles. The summed E-state index contributed by atoms with van der Waals surface area (Å²) < 4.78 is 0. The highest BCUT2D eigenvalue weighted by molar-refractivity contribution is 5.97. The zero-order valence-corrected chi connectivity index (χ0v) is 12.0. The van der Waals surface area contributed by atoms with E-state index in [0.29, 0.717) is 13.0 Å². The second-order valence-corrected chi connectivity index (χ2v) is 6.02.